The van der Waals surface area contributed by atoms with Gasteiger partial charge in [-0.15, -0.1) is 0 Å². The van der Waals surface area contributed by atoms with Crippen LogP contribution in [-0.2, 0) is 9.59 Å². The fourth-order valence-electron chi connectivity index (χ4n) is 2.84. The lowest BCUT2D eigenvalue weighted by Gasteiger charge is -2.18. The molecule has 1 N–H and O–H groups in total. The molecule has 5 nitrogen and oxygen atoms in total. The third-order valence-electron chi connectivity index (χ3n) is 4.28. The Balaban J connectivity index is 1.61. The quantitative estimate of drug-likeness (QED) is 0.790. The number of hydrogen-bond donors (Lipinski definition) is 1. The summed E-state index contributed by atoms with van der Waals surface area (Å²) in [6, 6.07) is 13.0. The van der Waals surface area contributed by atoms with Gasteiger partial charge >= 0.3 is 0 Å². The first-order valence-electron chi connectivity index (χ1n) is 8.58. The highest BCUT2D eigenvalue weighted by molar-refractivity contribution is 9.10. The van der Waals surface area contributed by atoms with Gasteiger partial charge in [-0.3, -0.25) is 9.59 Å². The van der Waals surface area contributed by atoms with Gasteiger partial charge in [0.2, 0.25) is 5.91 Å². The first-order valence-corrected chi connectivity index (χ1v) is 9.37. The number of amides is 2. The molecule has 0 bridgehead atoms. The van der Waals surface area contributed by atoms with Crippen molar-refractivity contribution in [2.24, 2.45) is 0 Å². The molecule has 1 fully saturated rings. The number of nitrogens with zero attached hydrogens (tertiary/aromatic N) is 1. The van der Waals surface area contributed by atoms with Crippen molar-refractivity contribution in [2.75, 3.05) is 16.8 Å². The van der Waals surface area contributed by atoms with Gasteiger partial charge in [-0.1, -0.05) is 6.07 Å². The van der Waals surface area contributed by atoms with Crippen LogP contribution in [0.2, 0.25) is 0 Å². The van der Waals surface area contributed by atoms with Gasteiger partial charge < -0.3 is 15.0 Å². The minimum absolute atomic E-state index is 0.146. The van der Waals surface area contributed by atoms with Crippen molar-refractivity contribution in [2.45, 2.75) is 32.8 Å². The Bertz CT molecular complexity index is 820. The van der Waals surface area contributed by atoms with Crippen molar-refractivity contribution in [1.29, 1.82) is 0 Å². The predicted molar refractivity (Wildman–Crippen MR) is 106 cm³/mol. The van der Waals surface area contributed by atoms with Crippen LogP contribution in [0, 0.1) is 6.92 Å². The first-order chi connectivity index (χ1) is 12.4. The lowest BCUT2D eigenvalue weighted by atomic mass is 10.2. The van der Waals surface area contributed by atoms with E-state index in [-0.39, 0.29) is 11.8 Å². The standard InChI is InChI=1S/C20H21BrN2O3/c1-13-5-10-18(17(21)12-13)26-14(2)20(25)22-15-6-8-16(9-7-15)23-11-3-4-19(23)24/h5-10,12,14H,3-4,11H2,1-2H3,(H,22,25)/t14-/m1/s1. The summed E-state index contributed by atoms with van der Waals surface area (Å²) in [5.74, 6) is 0.538. The summed E-state index contributed by atoms with van der Waals surface area (Å²) in [7, 11) is 0. The fourth-order valence-corrected chi connectivity index (χ4v) is 3.42. The average Bonchev–Trinajstić information content (AvgIpc) is 3.04. The zero-order valence-electron chi connectivity index (χ0n) is 14.8. The number of aryl methyl sites for hydroxylation is 1. The van der Waals surface area contributed by atoms with Crippen LogP contribution in [0.3, 0.4) is 0 Å². The van der Waals surface area contributed by atoms with Crippen LogP contribution in [-0.4, -0.2) is 24.5 Å². The Morgan fingerprint density at radius 1 is 1.23 bits per heavy atom. The van der Waals surface area contributed by atoms with Crippen LogP contribution in [0.25, 0.3) is 0 Å². The Kier molecular flexibility index (Phi) is 5.61. The molecule has 3 rings (SSSR count). The number of hydrogen-bond acceptors (Lipinski definition) is 3. The van der Waals surface area contributed by atoms with Gasteiger partial charge in [-0.2, -0.15) is 0 Å². The lowest BCUT2D eigenvalue weighted by molar-refractivity contribution is -0.122. The van der Waals surface area contributed by atoms with Gasteiger partial charge in [-0.05, 0) is 78.2 Å². The molecule has 0 spiro atoms. The lowest BCUT2D eigenvalue weighted by Crippen LogP contribution is -2.30. The maximum absolute atomic E-state index is 12.4. The van der Waals surface area contributed by atoms with Gasteiger partial charge in [0.05, 0.1) is 4.47 Å². The summed E-state index contributed by atoms with van der Waals surface area (Å²) < 4.78 is 6.56. The summed E-state index contributed by atoms with van der Waals surface area (Å²) in [6.45, 7) is 4.45. The average molecular weight is 417 g/mol. The van der Waals surface area contributed by atoms with Crippen molar-refractivity contribution in [1.82, 2.24) is 0 Å². The van der Waals surface area contributed by atoms with Crippen molar-refractivity contribution in [3.63, 3.8) is 0 Å². The monoisotopic (exact) mass is 416 g/mol. The van der Waals surface area contributed by atoms with Gasteiger partial charge in [0.25, 0.3) is 5.91 Å². The van der Waals surface area contributed by atoms with E-state index in [0.29, 0.717) is 17.9 Å². The molecule has 1 aliphatic heterocycles. The fraction of sp³-hybridized carbons (Fsp3) is 0.300. The van der Waals surface area contributed by atoms with Crippen molar-refractivity contribution in [3.8, 4) is 5.75 Å². The van der Waals surface area contributed by atoms with Crippen LogP contribution in [0.15, 0.2) is 46.9 Å². The molecule has 2 aromatic rings. The van der Waals surface area contributed by atoms with E-state index < -0.39 is 6.10 Å². The zero-order valence-corrected chi connectivity index (χ0v) is 16.4. The first kappa shape index (κ1) is 18.5. The second kappa shape index (κ2) is 7.91. The maximum atomic E-state index is 12.4. The molecule has 0 radical (unpaired) electrons. The van der Waals surface area contributed by atoms with Crippen molar-refractivity contribution in [3.05, 3.63) is 52.5 Å². The second-order valence-electron chi connectivity index (χ2n) is 6.38. The number of rotatable bonds is 5. The Labute approximate surface area is 161 Å². The molecule has 0 aliphatic carbocycles. The molecule has 1 heterocycles. The van der Waals surface area contributed by atoms with Gasteiger partial charge in [0.15, 0.2) is 6.10 Å². The second-order valence-corrected chi connectivity index (χ2v) is 7.23. The van der Waals surface area contributed by atoms with Crippen LogP contribution in [0.5, 0.6) is 5.75 Å². The number of benzene rings is 2. The number of ether oxygens (including phenoxy) is 1. The number of carbonyl (C=O) groups is 2. The SMILES string of the molecule is Cc1ccc(O[C@H](C)C(=O)Nc2ccc(N3CCCC3=O)cc2)c(Br)c1. The molecule has 2 aromatic carbocycles. The molecular formula is C20H21BrN2O3. The van der Waals surface area contributed by atoms with Gasteiger partial charge in [0, 0.05) is 24.3 Å². The van der Waals surface area contributed by atoms with E-state index in [2.05, 4.69) is 21.2 Å². The third kappa shape index (κ3) is 4.25. The van der Waals surface area contributed by atoms with Crippen LogP contribution < -0.4 is 15.0 Å². The summed E-state index contributed by atoms with van der Waals surface area (Å²) in [6.07, 6.45) is 0.844. The number of carbonyl (C=O) groups excluding carboxylic acids is 2. The smallest absolute Gasteiger partial charge is 0.265 e. The summed E-state index contributed by atoms with van der Waals surface area (Å²) in [5.41, 5.74) is 2.64. The van der Waals surface area contributed by atoms with Crippen LogP contribution >= 0.6 is 15.9 Å². The summed E-state index contributed by atoms with van der Waals surface area (Å²) in [4.78, 5) is 25.9. The van der Waals surface area contributed by atoms with E-state index in [0.717, 1.165) is 28.7 Å². The number of anilines is 2. The minimum Gasteiger partial charge on any atom is -0.480 e. The molecule has 0 aromatic heterocycles. The molecule has 0 unspecified atom stereocenters. The van der Waals surface area contributed by atoms with Crippen molar-refractivity contribution >= 4 is 39.1 Å². The van der Waals surface area contributed by atoms with E-state index in [4.69, 9.17) is 4.74 Å². The summed E-state index contributed by atoms with van der Waals surface area (Å²) in [5, 5.41) is 2.84. The molecule has 1 aliphatic rings. The van der Waals surface area contributed by atoms with E-state index in [1.54, 1.807) is 24.0 Å². The Morgan fingerprint density at radius 2 is 1.96 bits per heavy atom. The van der Waals surface area contributed by atoms with E-state index in [1.807, 2.05) is 37.3 Å². The van der Waals surface area contributed by atoms with Gasteiger partial charge in [0.1, 0.15) is 5.75 Å². The van der Waals surface area contributed by atoms with Crippen LogP contribution in [0.1, 0.15) is 25.3 Å². The van der Waals surface area contributed by atoms with Crippen LogP contribution in [0.4, 0.5) is 11.4 Å². The number of nitrogens with one attached hydrogen (secondary N) is 1. The highest BCUT2D eigenvalue weighted by Crippen LogP contribution is 2.27. The molecule has 136 valence electrons. The molecule has 1 saturated heterocycles. The maximum Gasteiger partial charge on any atom is 0.265 e. The Hall–Kier alpha value is -2.34. The van der Waals surface area contributed by atoms with E-state index in [1.165, 1.54) is 0 Å². The largest absolute Gasteiger partial charge is 0.480 e. The highest BCUT2D eigenvalue weighted by atomic mass is 79.9. The normalized spacial score (nSPS) is 15.0. The molecule has 0 saturated carbocycles. The predicted octanol–water partition coefficient (Wildman–Crippen LogP) is 4.29. The molecular weight excluding hydrogens is 396 g/mol. The molecule has 2 amide bonds. The van der Waals surface area contributed by atoms with E-state index in [9.17, 15) is 9.59 Å². The third-order valence-corrected chi connectivity index (χ3v) is 4.90. The van der Waals surface area contributed by atoms with Gasteiger partial charge in [-0.25, -0.2) is 0 Å². The Morgan fingerprint density at radius 3 is 2.58 bits per heavy atom. The molecule has 1 atom stereocenters. The molecule has 26 heavy (non-hydrogen) atoms. The highest BCUT2D eigenvalue weighted by Gasteiger charge is 2.22. The topological polar surface area (TPSA) is 58.6 Å². The molecule has 6 heteroatoms. The summed E-state index contributed by atoms with van der Waals surface area (Å²) >= 11 is 3.45. The van der Waals surface area contributed by atoms with E-state index >= 15 is 0 Å². The minimum atomic E-state index is -0.645. The van der Waals surface area contributed by atoms with Crippen molar-refractivity contribution < 1.29 is 14.3 Å². The zero-order chi connectivity index (χ0) is 18.7. The number of halogens is 1.